The number of para-hydroxylation sites is 1. The van der Waals surface area contributed by atoms with Crippen molar-refractivity contribution in [2.45, 2.75) is 39.7 Å². The summed E-state index contributed by atoms with van der Waals surface area (Å²) in [5, 5.41) is 4.93. The van der Waals surface area contributed by atoms with Crippen molar-refractivity contribution in [3.05, 3.63) is 41.6 Å². The standard InChI is InChI=1S/C24H37N5O2/c1-5-10-23(30)28(13-9-18-31-4)19-22-20(2)25-29(21-11-7-6-8-12-21)24(22)27-16-14-26(3)15-17-27/h6-8,11-12H,5,9-10,13-19H2,1-4H3. The van der Waals surface area contributed by atoms with Gasteiger partial charge in [0, 0.05) is 58.4 Å². The lowest BCUT2D eigenvalue weighted by Crippen LogP contribution is -2.45. The van der Waals surface area contributed by atoms with E-state index in [1.165, 1.54) is 0 Å². The fraction of sp³-hybridized carbons (Fsp3) is 0.583. The molecule has 0 N–H and O–H groups in total. The van der Waals surface area contributed by atoms with Crippen molar-refractivity contribution in [3.63, 3.8) is 0 Å². The fourth-order valence-electron chi connectivity index (χ4n) is 4.08. The van der Waals surface area contributed by atoms with Crippen molar-refractivity contribution in [2.75, 3.05) is 58.4 Å². The first-order valence-electron chi connectivity index (χ1n) is 11.4. The van der Waals surface area contributed by atoms with Crippen LogP contribution >= 0.6 is 0 Å². The second-order valence-electron chi connectivity index (χ2n) is 8.34. The summed E-state index contributed by atoms with van der Waals surface area (Å²) in [7, 11) is 3.87. The molecule has 0 aliphatic carbocycles. The summed E-state index contributed by atoms with van der Waals surface area (Å²) in [5.74, 6) is 1.33. The predicted molar refractivity (Wildman–Crippen MR) is 125 cm³/mol. The van der Waals surface area contributed by atoms with Crippen molar-refractivity contribution in [1.82, 2.24) is 19.6 Å². The van der Waals surface area contributed by atoms with Gasteiger partial charge in [-0.05, 0) is 38.9 Å². The highest BCUT2D eigenvalue weighted by molar-refractivity contribution is 5.76. The van der Waals surface area contributed by atoms with E-state index in [0.29, 0.717) is 26.1 Å². The van der Waals surface area contributed by atoms with E-state index in [4.69, 9.17) is 9.84 Å². The number of ether oxygens (including phenoxy) is 1. The minimum absolute atomic E-state index is 0.204. The summed E-state index contributed by atoms with van der Waals surface area (Å²) >= 11 is 0. The van der Waals surface area contributed by atoms with Crippen LogP contribution < -0.4 is 4.90 Å². The lowest BCUT2D eigenvalue weighted by molar-refractivity contribution is -0.132. The average molecular weight is 428 g/mol. The van der Waals surface area contributed by atoms with E-state index in [1.54, 1.807) is 7.11 Å². The smallest absolute Gasteiger partial charge is 0.222 e. The SMILES string of the molecule is CCCC(=O)N(CCCOC)Cc1c(C)nn(-c2ccccc2)c1N1CCN(C)CC1. The van der Waals surface area contributed by atoms with Crippen LogP contribution in [-0.2, 0) is 16.1 Å². The molecule has 0 atom stereocenters. The molecule has 1 aromatic carbocycles. The summed E-state index contributed by atoms with van der Waals surface area (Å²) < 4.78 is 7.29. The van der Waals surface area contributed by atoms with Crippen LogP contribution in [-0.4, -0.2) is 79.0 Å². The zero-order valence-corrected chi connectivity index (χ0v) is 19.5. The second kappa shape index (κ2) is 11.3. The van der Waals surface area contributed by atoms with Crippen LogP contribution in [0.3, 0.4) is 0 Å². The van der Waals surface area contributed by atoms with Crippen molar-refractivity contribution in [2.24, 2.45) is 0 Å². The van der Waals surface area contributed by atoms with Crippen molar-refractivity contribution < 1.29 is 9.53 Å². The molecule has 0 unspecified atom stereocenters. The quantitative estimate of drug-likeness (QED) is 0.546. The molecule has 0 saturated carbocycles. The van der Waals surface area contributed by atoms with Crippen LogP contribution in [0.1, 0.15) is 37.4 Å². The number of methoxy groups -OCH3 is 1. The lowest BCUT2D eigenvalue weighted by Gasteiger charge is -2.35. The van der Waals surface area contributed by atoms with Gasteiger partial charge in [-0.15, -0.1) is 0 Å². The summed E-state index contributed by atoms with van der Waals surface area (Å²) in [6.07, 6.45) is 2.26. The molecule has 170 valence electrons. The Kier molecular flexibility index (Phi) is 8.49. The van der Waals surface area contributed by atoms with Gasteiger partial charge in [-0.3, -0.25) is 4.79 Å². The largest absolute Gasteiger partial charge is 0.385 e. The van der Waals surface area contributed by atoms with Gasteiger partial charge < -0.3 is 19.4 Å². The molecule has 1 fully saturated rings. The number of hydrogen-bond acceptors (Lipinski definition) is 5. The fourth-order valence-corrected chi connectivity index (χ4v) is 4.08. The summed E-state index contributed by atoms with van der Waals surface area (Å²) in [5.41, 5.74) is 3.19. The predicted octanol–water partition coefficient (Wildman–Crippen LogP) is 3.10. The molecular formula is C24H37N5O2. The second-order valence-corrected chi connectivity index (χ2v) is 8.34. The van der Waals surface area contributed by atoms with E-state index < -0.39 is 0 Å². The third kappa shape index (κ3) is 5.86. The Bertz CT molecular complexity index is 828. The molecule has 7 heteroatoms. The molecule has 3 rings (SSSR count). The number of piperazine rings is 1. The van der Waals surface area contributed by atoms with Gasteiger partial charge in [0.05, 0.1) is 17.9 Å². The minimum atomic E-state index is 0.204. The molecule has 1 aliphatic heterocycles. The number of anilines is 1. The first-order valence-corrected chi connectivity index (χ1v) is 11.4. The molecule has 31 heavy (non-hydrogen) atoms. The highest BCUT2D eigenvalue weighted by atomic mass is 16.5. The number of carbonyl (C=O) groups excluding carboxylic acids is 1. The van der Waals surface area contributed by atoms with Gasteiger partial charge in [-0.1, -0.05) is 25.1 Å². The van der Waals surface area contributed by atoms with Gasteiger partial charge in [0.25, 0.3) is 0 Å². The van der Waals surface area contributed by atoms with Crippen molar-refractivity contribution >= 4 is 11.7 Å². The van der Waals surface area contributed by atoms with Crippen LogP contribution in [0, 0.1) is 6.92 Å². The Balaban J connectivity index is 1.97. The topological polar surface area (TPSA) is 53.8 Å². The van der Waals surface area contributed by atoms with Crippen LogP contribution in [0.2, 0.25) is 0 Å². The highest BCUT2D eigenvalue weighted by Crippen LogP contribution is 2.30. The maximum atomic E-state index is 12.9. The number of rotatable bonds is 10. The number of benzene rings is 1. The number of aromatic nitrogens is 2. The zero-order chi connectivity index (χ0) is 22.2. The third-order valence-electron chi connectivity index (χ3n) is 5.90. The van der Waals surface area contributed by atoms with E-state index in [-0.39, 0.29) is 5.91 Å². The van der Waals surface area contributed by atoms with Gasteiger partial charge in [-0.25, -0.2) is 4.68 Å². The summed E-state index contributed by atoms with van der Waals surface area (Å²) in [6, 6.07) is 10.3. The van der Waals surface area contributed by atoms with E-state index >= 15 is 0 Å². The number of amides is 1. The third-order valence-corrected chi connectivity index (χ3v) is 5.90. The Hall–Kier alpha value is -2.38. The normalized spacial score (nSPS) is 14.8. The Morgan fingerprint density at radius 3 is 2.52 bits per heavy atom. The lowest BCUT2D eigenvalue weighted by atomic mass is 10.1. The highest BCUT2D eigenvalue weighted by Gasteiger charge is 2.26. The van der Waals surface area contributed by atoms with Gasteiger partial charge in [-0.2, -0.15) is 5.10 Å². The van der Waals surface area contributed by atoms with Crippen LogP contribution in [0.25, 0.3) is 5.69 Å². The van der Waals surface area contributed by atoms with E-state index in [9.17, 15) is 4.79 Å². The van der Waals surface area contributed by atoms with Gasteiger partial charge in [0.1, 0.15) is 5.82 Å². The molecule has 0 bridgehead atoms. The maximum absolute atomic E-state index is 12.9. The Morgan fingerprint density at radius 1 is 1.16 bits per heavy atom. The summed E-state index contributed by atoms with van der Waals surface area (Å²) in [6.45, 7) is 10.0. The molecule has 0 spiro atoms. The number of likely N-dealkylation sites (N-methyl/N-ethyl adjacent to an activating group) is 1. The monoisotopic (exact) mass is 427 g/mol. The number of hydrogen-bond donors (Lipinski definition) is 0. The van der Waals surface area contributed by atoms with E-state index in [2.05, 4.69) is 47.5 Å². The van der Waals surface area contributed by atoms with Gasteiger partial charge >= 0.3 is 0 Å². The maximum Gasteiger partial charge on any atom is 0.222 e. The van der Waals surface area contributed by atoms with Crippen LogP contribution in [0.5, 0.6) is 0 Å². The zero-order valence-electron chi connectivity index (χ0n) is 19.5. The molecule has 7 nitrogen and oxygen atoms in total. The molecular weight excluding hydrogens is 390 g/mol. The molecule has 2 heterocycles. The number of nitrogens with zero attached hydrogens (tertiary/aromatic N) is 5. The summed E-state index contributed by atoms with van der Waals surface area (Å²) in [4.78, 5) is 19.7. The Labute approximate surface area is 186 Å². The van der Waals surface area contributed by atoms with Crippen LogP contribution in [0.4, 0.5) is 5.82 Å². The minimum Gasteiger partial charge on any atom is -0.385 e. The average Bonchev–Trinajstić information content (AvgIpc) is 3.10. The molecule has 0 radical (unpaired) electrons. The first kappa shape index (κ1) is 23.3. The number of aryl methyl sites for hydroxylation is 1. The molecule has 2 aromatic rings. The van der Waals surface area contributed by atoms with E-state index in [0.717, 1.165) is 61.8 Å². The first-order chi connectivity index (χ1) is 15.0. The van der Waals surface area contributed by atoms with E-state index in [1.807, 2.05) is 23.1 Å². The molecule has 1 aromatic heterocycles. The van der Waals surface area contributed by atoms with Crippen molar-refractivity contribution in [1.29, 1.82) is 0 Å². The Morgan fingerprint density at radius 2 is 1.87 bits per heavy atom. The molecule has 1 amide bonds. The van der Waals surface area contributed by atoms with Gasteiger partial charge in [0.2, 0.25) is 5.91 Å². The number of carbonyl (C=O) groups is 1. The van der Waals surface area contributed by atoms with Crippen molar-refractivity contribution in [3.8, 4) is 5.69 Å². The van der Waals surface area contributed by atoms with Crippen LogP contribution in [0.15, 0.2) is 30.3 Å². The molecule has 1 saturated heterocycles. The molecule has 1 aliphatic rings. The van der Waals surface area contributed by atoms with Gasteiger partial charge in [0.15, 0.2) is 0 Å².